The zero-order valence-corrected chi connectivity index (χ0v) is 10.6. The van der Waals surface area contributed by atoms with Crippen molar-refractivity contribution >= 4 is 11.6 Å². The van der Waals surface area contributed by atoms with E-state index in [1.54, 1.807) is 7.11 Å². The van der Waals surface area contributed by atoms with E-state index in [0.29, 0.717) is 6.54 Å². The van der Waals surface area contributed by atoms with Crippen LogP contribution < -0.4 is 10.6 Å². The van der Waals surface area contributed by atoms with Gasteiger partial charge in [0, 0.05) is 32.8 Å². The number of rotatable bonds is 6. The van der Waals surface area contributed by atoms with Crippen LogP contribution in [0.25, 0.3) is 0 Å². The highest BCUT2D eigenvalue weighted by molar-refractivity contribution is 5.89. The molecule has 1 aromatic rings. The number of hydrogen-bond acceptors (Lipinski definition) is 3. The lowest BCUT2D eigenvalue weighted by molar-refractivity contribution is -0.114. The first-order valence-corrected chi connectivity index (χ1v) is 5.72. The first kappa shape index (κ1) is 13.7. The van der Waals surface area contributed by atoms with Crippen molar-refractivity contribution in [2.24, 2.45) is 0 Å². The number of carbonyl (C=O) groups excluding carboxylic acids is 1. The molecule has 0 bridgehead atoms. The normalized spacial score (nSPS) is 12.2. The molecule has 94 valence electrons. The monoisotopic (exact) mass is 236 g/mol. The average molecular weight is 236 g/mol. The van der Waals surface area contributed by atoms with Gasteiger partial charge in [0.25, 0.3) is 0 Å². The van der Waals surface area contributed by atoms with Gasteiger partial charge in [-0.2, -0.15) is 0 Å². The Morgan fingerprint density at radius 1 is 1.41 bits per heavy atom. The van der Waals surface area contributed by atoms with E-state index in [1.165, 1.54) is 6.92 Å². The Morgan fingerprint density at radius 3 is 2.76 bits per heavy atom. The van der Waals surface area contributed by atoms with Crippen LogP contribution in [0, 0.1) is 0 Å². The zero-order valence-electron chi connectivity index (χ0n) is 10.6. The van der Waals surface area contributed by atoms with Crippen molar-refractivity contribution in [1.82, 2.24) is 5.32 Å². The maximum Gasteiger partial charge on any atom is 0.221 e. The largest absolute Gasteiger partial charge is 0.380 e. The summed E-state index contributed by atoms with van der Waals surface area (Å²) in [6.07, 6.45) is 0.183. The Labute approximate surface area is 102 Å². The lowest BCUT2D eigenvalue weighted by Gasteiger charge is -2.13. The van der Waals surface area contributed by atoms with E-state index in [4.69, 9.17) is 4.74 Å². The minimum Gasteiger partial charge on any atom is -0.380 e. The summed E-state index contributed by atoms with van der Waals surface area (Å²) >= 11 is 0. The minimum absolute atomic E-state index is 0.0530. The molecule has 0 aliphatic carbocycles. The Bertz CT molecular complexity index is 366. The number of nitrogens with one attached hydrogen (secondary N) is 2. The Hall–Kier alpha value is -1.39. The van der Waals surface area contributed by atoms with Gasteiger partial charge in [-0.05, 0) is 18.6 Å². The van der Waals surface area contributed by atoms with Gasteiger partial charge >= 0.3 is 0 Å². The number of anilines is 1. The summed E-state index contributed by atoms with van der Waals surface area (Å²) < 4.78 is 5.15. The third kappa shape index (κ3) is 4.97. The van der Waals surface area contributed by atoms with Crippen LogP contribution in [0.2, 0.25) is 0 Å². The summed E-state index contributed by atoms with van der Waals surface area (Å²) in [5.41, 5.74) is 1.93. The van der Waals surface area contributed by atoms with Crippen LogP contribution in [0.15, 0.2) is 24.3 Å². The molecule has 1 amide bonds. The maximum absolute atomic E-state index is 11.0. The molecule has 0 saturated heterocycles. The number of carbonyl (C=O) groups is 1. The lowest BCUT2D eigenvalue weighted by Crippen LogP contribution is -2.26. The Kier molecular flexibility index (Phi) is 5.66. The van der Waals surface area contributed by atoms with Crippen LogP contribution >= 0.6 is 0 Å². The molecule has 17 heavy (non-hydrogen) atoms. The quantitative estimate of drug-likeness (QED) is 0.791. The van der Waals surface area contributed by atoms with E-state index in [9.17, 15) is 4.79 Å². The van der Waals surface area contributed by atoms with E-state index in [1.807, 2.05) is 31.2 Å². The fourth-order valence-electron chi connectivity index (χ4n) is 1.48. The summed E-state index contributed by atoms with van der Waals surface area (Å²) in [6, 6.07) is 7.77. The third-order valence-electron chi connectivity index (χ3n) is 2.48. The number of para-hydroxylation sites is 1. The number of amides is 1. The molecule has 0 aliphatic rings. The molecule has 1 atom stereocenters. The van der Waals surface area contributed by atoms with Crippen LogP contribution in [0.4, 0.5) is 5.69 Å². The van der Waals surface area contributed by atoms with Crippen molar-refractivity contribution in [3.05, 3.63) is 29.8 Å². The van der Waals surface area contributed by atoms with Gasteiger partial charge in [0.1, 0.15) is 0 Å². The molecule has 4 heteroatoms. The summed E-state index contributed by atoms with van der Waals surface area (Å²) in [5.74, 6) is -0.0530. The van der Waals surface area contributed by atoms with Gasteiger partial charge in [-0.25, -0.2) is 0 Å². The molecule has 0 aromatic heterocycles. The van der Waals surface area contributed by atoms with Gasteiger partial charge < -0.3 is 15.4 Å². The van der Waals surface area contributed by atoms with E-state index >= 15 is 0 Å². The molecule has 1 unspecified atom stereocenters. The van der Waals surface area contributed by atoms with Crippen molar-refractivity contribution in [3.63, 3.8) is 0 Å². The van der Waals surface area contributed by atoms with Crippen LogP contribution in [-0.4, -0.2) is 25.7 Å². The second-order valence-corrected chi connectivity index (χ2v) is 4.02. The molecule has 1 aromatic carbocycles. The second-order valence-electron chi connectivity index (χ2n) is 4.02. The Balaban J connectivity index is 2.54. The zero-order chi connectivity index (χ0) is 12.7. The van der Waals surface area contributed by atoms with Crippen molar-refractivity contribution < 1.29 is 9.53 Å². The molecule has 4 nitrogen and oxygen atoms in total. The SMILES string of the molecule is COC(C)CNCc1ccccc1NC(C)=O. The first-order valence-electron chi connectivity index (χ1n) is 5.72. The van der Waals surface area contributed by atoms with E-state index in [-0.39, 0.29) is 12.0 Å². The summed E-state index contributed by atoms with van der Waals surface area (Å²) in [5, 5.41) is 6.11. The van der Waals surface area contributed by atoms with Crippen LogP contribution in [0.5, 0.6) is 0 Å². The fraction of sp³-hybridized carbons (Fsp3) is 0.462. The van der Waals surface area contributed by atoms with Crippen molar-refractivity contribution in [2.45, 2.75) is 26.5 Å². The molecule has 0 spiro atoms. The second kappa shape index (κ2) is 7.04. The van der Waals surface area contributed by atoms with E-state index in [2.05, 4.69) is 10.6 Å². The topological polar surface area (TPSA) is 50.4 Å². The lowest BCUT2D eigenvalue weighted by atomic mass is 10.1. The van der Waals surface area contributed by atoms with Crippen LogP contribution in [0.1, 0.15) is 19.4 Å². The third-order valence-corrected chi connectivity index (χ3v) is 2.48. The van der Waals surface area contributed by atoms with Gasteiger partial charge in [-0.15, -0.1) is 0 Å². The highest BCUT2D eigenvalue weighted by atomic mass is 16.5. The molecule has 1 rings (SSSR count). The van der Waals surface area contributed by atoms with Crippen LogP contribution in [0.3, 0.4) is 0 Å². The first-order chi connectivity index (χ1) is 8.13. The van der Waals surface area contributed by atoms with Gasteiger partial charge in [0.05, 0.1) is 6.10 Å². The predicted octanol–water partition coefficient (Wildman–Crippen LogP) is 1.77. The molecule has 0 heterocycles. The van der Waals surface area contributed by atoms with Crippen molar-refractivity contribution in [1.29, 1.82) is 0 Å². The number of benzene rings is 1. The van der Waals surface area contributed by atoms with Crippen molar-refractivity contribution in [2.75, 3.05) is 19.0 Å². The minimum atomic E-state index is -0.0530. The Morgan fingerprint density at radius 2 is 2.12 bits per heavy atom. The maximum atomic E-state index is 11.0. The number of methoxy groups -OCH3 is 1. The molecular weight excluding hydrogens is 216 g/mol. The number of ether oxygens (including phenoxy) is 1. The summed E-state index contributed by atoms with van der Waals surface area (Å²) in [6.45, 7) is 5.01. The summed E-state index contributed by atoms with van der Waals surface area (Å²) in [7, 11) is 1.69. The van der Waals surface area contributed by atoms with Crippen molar-refractivity contribution in [3.8, 4) is 0 Å². The number of hydrogen-bond donors (Lipinski definition) is 2. The van der Waals surface area contributed by atoms with E-state index in [0.717, 1.165) is 17.8 Å². The molecule has 0 radical (unpaired) electrons. The summed E-state index contributed by atoms with van der Waals surface area (Å²) in [4.78, 5) is 11.0. The highest BCUT2D eigenvalue weighted by Gasteiger charge is 2.04. The molecular formula is C13H20N2O2. The molecule has 0 saturated carbocycles. The average Bonchev–Trinajstić information content (AvgIpc) is 2.30. The molecule has 0 fully saturated rings. The molecule has 0 aliphatic heterocycles. The smallest absolute Gasteiger partial charge is 0.221 e. The predicted molar refractivity (Wildman–Crippen MR) is 68.9 cm³/mol. The van der Waals surface area contributed by atoms with Gasteiger partial charge in [0.2, 0.25) is 5.91 Å². The standard InChI is InChI=1S/C13H20N2O2/c1-10(17-3)8-14-9-12-6-4-5-7-13(12)15-11(2)16/h4-7,10,14H,8-9H2,1-3H3,(H,15,16). The van der Waals surface area contributed by atoms with Gasteiger partial charge in [-0.3, -0.25) is 4.79 Å². The highest BCUT2D eigenvalue weighted by Crippen LogP contribution is 2.14. The van der Waals surface area contributed by atoms with Crippen LogP contribution in [-0.2, 0) is 16.1 Å². The van der Waals surface area contributed by atoms with Gasteiger partial charge in [0.15, 0.2) is 0 Å². The molecule has 2 N–H and O–H groups in total. The van der Waals surface area contributed by atoms with Gasteiger partial charge in [-0.1, -0.05) is 18.2 Å². The fourth-order valence-corrected chi connectivity index (χ4v) is 1.48. The van der Waals surface area contributed by atoms with E-state index < -0.39 is 0 Å².